The van der Waals surface area contributed by atoms with Crippen LogP contribution in [0.4, 0.5) is 4.39 Å². The van der Waals surface area contributed by atoms with Crippen LogP contribution in [0.2, 0.25) is 5.02 Å². The summed E-state index contributed by atoms with van der Waals surface area (Å²) in [5, 5.41) is 0.0929. The monoisotopic (exact) mass is 354 g/mol. The minimum Gasteiger partial charge on any atom is -0.271 e. The highest BCUT2D eigenvalue weighted by Gasteiger charge is 2.34. The summed E-state index contributed by atoms with van der Waals surface area (Å²) >= 11 is 9.18. The molecule has 3 rings (SSSR count). The normalized spacial score (nSPS) is 18.3. The highest BCUT2D eigenvalue weighted by molar-refractivity contribution is 9.10. The molecule has 2 nitrogen and oxygen atoms in total. The molecular formula is C15H13BrClFN2. The van der Waals surface area contributed by atoms with E-state index < -0.39 is 5.82 Å². The molecule has 0 amide bonds. The van der Waals surface area contributed by atoms with Crippen LogP contribution in [0.5, 0.6) is 0 Å². The molecule has 2 unspecified atom stereocenters. The second kappa shape index (κ2) is 5.45. The number of halogens is 3. The van der Waals surface area contributed by atoms with E-state index in [1.165, 1.54) is 11.1 Å². The van der Waals surface area contributed by atoms with Gasteiger partial charge in [0.05, 0.1) is 11.1 Å². The summed E-state index contributed by atoms with van der Waals surface area (Å²) in [5.41, 5.74) is 5.74. The highest BCUT2D eigenvalue weighted by atomic mass is 79.9. The first kappa shape index (κ1) is 14.0. The fraction of sp³-hybridized carbons (Fsp3) is 0.200. The topological polar surface area (TPSA) is 38.0 Å². The van der Waals surface area contributed by atoms with Crippen LogP contribution in [-0.4, -0.2) is 0 Å². The smallest absolute Gasteiger partial charge is 0.147 e. The lowest BCUT2D eigenvalue weighted by Gasteiger charge is -2.36. The minimum atomic E-state index is -0.423. The molecule has 0 spiro atoms. The molecule has 0 saturated heterocycles. The zero-order valence-corrected chi connectivity index (χ0v) is 12.9. The first-order valence-corrected chi connectivity index (χ1v) is 7.48. The number of hydrogen-bond donors (Lipinski definition) is 2. The molecule has 0 aromatic heterocycles. The van der Waals surface area contributed by atoms with Gasteiger partial charge in [0.15, 0.2) is 0 Å². The van der Waals surface area contributed by atoms with E-state index in [2.05, 4.69) is 33.5 Å². The van der Waals surface area contributed by atoms with Crippen molar-refractivity contribution in [2.75, 3.05) is 0 Å². The lowest BCUT2D eigenvalue weighted by Crippen LogP contribution is -2.37. The summed E-state index contributed by atoms with van der Waals surface area (Å²) in [5.74, 6) is 5.40. The van der Waals surface area contributed by atoms with E-state index >= 15 is 0 Å². The molecule has 1 aliphatic carbocycles. The average Bonchev–Trinajstić information content (AvgIpc) is 2.43. The first-order valence-electron chi connectivity index (χ1n) is 6.30. The summed E-state index contributed by atoms with van der Waals surface area (Å²) in [7, 11) is 0. The maximum atomic E-state index is 14.3. The molecule has 0 aliphatic heterocycles. The van der Waals surface area contributed by atoms with Crippen molar-refractivity contribution in [3.63, 3.8) is 0 Å². The van der Waals surface area contributed by atoms with Crippen molar-refractivity contribution in [1.29, 1.82) is 0 Å². The van der Waals surface area contributed by atoms with E-state index in [1.54, 1.807) is 12.1 Å². The Hall–Kier alpha value is -0.940. The molecule has 1 aliphatic rings. The van der Waals surface area contributed by atoms with E-state index in [-0.39, 0.29) is 17.0 Å². The van der Waals surface area contributed by atoms with E-state index in [0.29, 0.717) is 10.0 Å². The van der Waals surface area contributed by atoms with Gasteiger partial charge >= 0.3 is 0 Å². The molecule has 0 fully saturated rings. The second-order valence-corrected chi connectivity index (χ2v) is 6.15. The molecule has 3 N–H and O–H groups in total. The molecule has 2 atom stereocenters. The van der Waals surface area contributed by atoms with E-state index in [9.17, 15) is 4.39 Å². The van der Waals surface area contributed by atoms with Gasteiger partial charge in [0.2, 0.25) is 0 Å². The van der Waals surface area contributed by atoms with Gasteiger partial charge in [0.25, 0.3) is 0 Å². The number of rotatable bonds is 3. The predicted octanol–water partition coefficient (Wildman–Crippen LogP) is 4.09. The Kier molecular flexibility index (Phi) is 3.82. The maximum Gasteiger partial charge on any atom is 0.147 e. The molecule has 0 saturated carbocycles. The van der Waals surface area contributed by atoms with Crippen LogP contribution in [0.1, 0.15) is 28.7 Å². The van der Waals surface area contributed by atoms with Gasteiger partial charge in [-0.2, -0.15) is 0 Å². The molecule has 104 valence electrons. The van der Waals surface area contributed by atoms with Crippen LogP contribution in [0.25, 0.3) is 0 Å². The van der Waals surface area contributed by atoms with Crippen LogP contribution < -0.4 is 11.3 Å². The van der Waals surface area contributed by atoms with Gasteiger partial charge in [-0.1, -0.05) is 41.9 Å². The summed E-state index contributed by atoms with van der Waals surface area (Å²) in [4.78, 5) is 0. The van der Waals surface area contributed by atoms with Crippen molar-refractivity contribution in [3.8, 4) is 0 Å². The Morgan fingerprint density at radius 1 is 1.30 bits per heavy atom. The summed E-state index contributed by atoms with van der Waals surface area (Å²) in [6.45, 7) is 0. The van der Waals surface area contributed by atoms with Gasteiger partial charge in [0, 0.05) is 16.0 Å². The van der Waals surface area contributed by atoms with Gasteiger partial charge in [-0.15, -0.1) is 0 Å². The number of hydrogen-bond acceptors (Lipinski definition) is 2. The van der Waals surface area contributed by atoms with Crippen molar-refractivity contribution in [3.05, 3.63) is 68.4 Å². The third kappa shape index (κ3) is 2.17. The van der Waals surface area contributed by atoms with E-state index in [0.717, 1.165) is 6.42 Å². The average molecular weight is 356 g/mol. The summed E-state index contributed by atoms with van der Waals surface area (Å²) in [6.07, 6.45) is 0.887. The van der Waals surface area contributed by atoms with Crippen LogP contribution in [0, 0.1) is 5.82 Å². The molecule has 2 aromatic carbocycles. The lowest BCUT2D eigenvalue weighted by atomic mass is 9.72. The Morgan fingerprint density at radius 2 is 2.05 bits per heavy atom. The third-order valence-electron chi connectivity index (χ3n) is 3.88. The molecule has 0 radical (unpaired) electrons. The maximum absolute atomic E-state index is 14.3. The van der Waals surface area contributed by atoms with Crippen molar-refractivity contribution in [2.24, 2.45) is 5.84 Å². The Labute approximate surface area is 130 Å². The fourth-order valence-corrected chi connectivity index (χ4v) is 3.28. The molecule has 0 heterocycles. The van der Waals surface area contributed by atoms with Crippen LogP contribution in [0.3, 0.4) is 0 Å². The minimum absolute atomic E-state index is 0.0929. The number of nitrogens with two attached hydrogens (primary N) is 1. The van der Waals surface area contributed by atoms with Crippen molar-refractivity contribution >= 4 is 27.5 Å². The standard InChI is InChI=1S/C15H13BrClFN2/c16-12-6-5-10(14(18)13(12)17)15(20-19)11-7-8-3-1-2-4-9(8)11/h1-6,11,15,20H,7,19H2. The zero-order chi connectivity index (χ0) is 14.3. The van der Waals surface area contributed by atoms with Crippen molar-refractivity contribution in [2.45, 2.75) is 18.4 Å². The summed E-state index contributed by atoms with van der Waals surface area (Å²) < 4.78 is 14.9. The second-order valence-electron chi connectivity index (χ2n) is 4.92. The number of benzene rings is 2. The SMILES string of the molecule is NNC(c1ccc(Br)c(Cl)c1F)C1Cc2ccccc21. The van der Waals surface area contributed by atoms with Gasteiger partial charge in [0.1, 0.15) is 5.82 Å². The van der Waals surface area contributed by atoms with Crippen molar-refractivity contribution in [1.82, 2.24) is 5.43 Å². The molecule has 20 heavy (non-hydrogen) atoms. The quantitative estimate of drug-likeness (QED) is 0.494. The molecule has 0 bridgehead atoms. The van der Waals surface area contributed by atoms with Gasteiger partial charge in [-0.05, 0) is 39.5 Å². The zero-order valence-electron chi connectivity index (χ0n) is 10.5. The lowest BCUT2D eigenvalue weighted by molar-refractivity contribution is 0.404. The number of fused-ring (bicyclic) bond motifs is 1. The van der Waals surface area contributed by atoms with Crippen LogP contribution in [-0.2, 0) is 6.42 Å². The molecular weight excluding hydrogens is 343 g/mol. The van der Waals surface area contributed by atoms with Crippen LogP contribution in [0.15, 0.2) is 40.9 Å². The highest BCUT2D eigenvalue weighted by Crippen LogP contribution is 2.44. The Morgan fingerprint density at radius 3 is 2.75 bits per heavy atom. The first-order chi connectivity index (χ1) is 9.63. The van der Waals surface area contributed by atoms with Crippen molar-refractivity contribution < 1.29 is 4.39 Å². The fourth-order valence-electron chi connectivity index (χ4n) is 2.80. The Balaban J connectivity index is 1.99. The van der Waals surface area contributed by atoms with E-state index in [1.807, 2.05) is 12.1 Å². The number of hydrazine groups is 1. The van der Waals surface area contributed by atoms with E-state index in [4.69, 9.17) is 17.4 Å². The molecule has 5 heteroatoms. The van der Waals surface area contributed by atoms with Gasteiger partial charge in [-0.3, -0.25) is 11.3 Å². The Bertz CT molecular complexity index is 662. The number of nitrogens with one attached hydrogen (secondary N) is 1. The van der Waals surface area contributed by atoms with Gasteiger partial charge in [-0.25, -0.2) is 4.39 Å². The largest absolute Gasteiger partial charge is 0.271 e. The summed E-state index contributed by atoms with van der Waals surface area (Å²) in [6, 6.07) is 11.3. The molecule has 2 aromatic rings. The van der Waals surface area contributed by atoms with Gasteiger partial charge < -0.3 is 0 Å². The van der Waals surface area contributed by atoms with Crippen LogP contribution >= 0.6 is 27.5 Å². The third-order valence-corrected chi connectivity index (χ3v) is 5.14. The predicted molar refractivity (Wildman–Crippen MR) is 82.1 cm³/mol.